The summed E-state index contributed by atoms with van der Waals surface area (Å²) in [6, 6.07) is 10.4. The molecule has 8 heteroatoms. The number of hydrogen-bond donors (Lipinski definition) is 0. The van der Waals surface area contributed by atoms with Gasteiger partial charge in [0.25, 0.3) is 5.91 Å². The number of esters is 1. The Labute approximate surface area is 167 Å². The van der Waals surface area contributed by atoms with Crippen LogP contribution in [0.15, 0.2) is 52.2 Å². The second-order valence-electron chi connectivity index (χ2n) is 6.24. The van der Waals surface area contributed by atoms with Crippen molar-refractivity contribution in [2.45, 2.75) is 32.4 Å². The monoisotopic (exact) mass is 404 g/mol. The number of hydrogen-bond acceptors (Lipinski definition) is 6. The number of halogens is 1. The Bertz CT molecular complexity index is 848. The maximum Gasteiger partial charge on any atom is 0.332 e. The largest absolute Gasteiger partial charge is 0.467 e. The number of nitrogens with zero attached hydrogens (tertiary/aromatic N) is 2. The van der Waals surface area contributed by atoms with Crippen LogP contribution in [0.4, 0.5) is 0 Å². The van der Waals surface area contributed by atoms with E-state index < -0.39 is 24.0 Å². The van der Waals surface area contributed by atoms with Gasteiger partial charge in [0.2, 0.25) is 0 Å². The van der Waals surface area contributed by atoms with Gasteiger partial charge < -0.3 is 13.9 Å². The maximum atomic E-state index is 12.9. The quantitative estimate of drug-likeness (QED) is 0.659. The van der Waals surface area contributed by atoms with Gasteiger partial charge in [0.1, 0.15) is 18.4 Å². The van der Waals surface area contributed by atoms with Gasteiger partial charge in [-0.05, 0) is 43.7 Å². The minimum atomic E-state index is -1.00. The zero-order valence-electron chi connectivity index (χ0n) is 15.6. The lowest BCUT2D eigenvalue weighted by Crippen LogP contribution is -2.37. The van der Waals surface area contributed by atoms with E-state index in [0.29, 0.717) is 23.8 Å². The number of carbonyl (C=O) groups excluding carboxylic acids is 2. The fraction of sp³-hybridized carbons (Fsp3) is 0.350. The number of amides is 1. The lowest BCUT2D eigenvalue weighted by Gasteiger charge is -2.23. The van der Waals surface area contributed by atoms with Crippen molar-refractivity contribution in [1.82, 2.24) is 5.01 Å². The first kappa shape index (κ1) is 20.1. The Balaban J connectivity index is 1.80. The molecule has 1 amide bonds. The maximum absolute atomic E-state index is 12.9. The van der Waals surface area contributed by atoms with Crippen LogP contribution in [0, 0.1) is 0 Å². The molecule has 1 aliphatic heterocycles. The number of ether oxygens (including phenoxy) is 2. The van der Waals surface area contributed by atoms with E-state index in [1.165, 1.54) is 11.9 Å². The number of furan rings is 1. The van der Waals surface area contributed by atoms with Crippen LogP contribution in [0.3, 0.4) is 0 Å². The van der Waals surface area contributed by atoms with Gasteiger partial charge in [-0.25, -0.2) is 9.80 Å². The molecule has 2 atom stereocenters. The zero-order chi connectivity index (χ0) is 20.1. The molecule has 0 fully saturated rings. The van der Waals surface area contributed by atoms with Gasteiger partial charge in [0, 0.05) is 18.1 Å². The number of rotatable bonds is 7. The lowest BCUT2D eigenvalue weighted by atomic mass is 10.0. The summed E-state index contributed by atoms with van der Waals surface area (Å²) in [5, 5.41) is 6.43. The second kappa shape index (κ2) is 9.03. The first-order chi connectivity index (χ1) is 13.5. The Hall–Kier alpha value is -2.64. The Morgan fingerprint density at radius 2 is 2.07 bits per heavy atom. The third-order valence-corrected chi connectivity index (χ3v) is 4.52. The van der Waals surface area contributed by atoms with E-state index in [4.69, 9.17) is 25.5 Å². The van der Waals surface area contributed by atoms with Crippen LogP contribution in [-0.4, -0.2) is 41.9 Å². The van der Waals surface area contributed by atoms with E-state index >= 15 is 0 Å². The molecule has 0 unspecified atom stereocenters. The summed E-state index contributed by atoms with van der Waals surface area (Å²) in [4.78, 5) is 24.7. The van der Waals surface area contributed by atoms with E-state index in [-0.39, 0.29) is 6.61 Å². The SMILES string of the molecule is CCOCC(=O)O[C@@H](C)C(=O)N1N=C(c2ccc(Cl)cc2)C[C@H]1c1ccco1. The topological polar surface area (TPSA) is 81.3 Å². The Kier molecular flexibility index (Phi) is 6.49. The highest BCUT2D eigenvalue weighted by Crippen LogP contribution is 2.33. The van der Waals surface area contributed by atoms with Crippen molar-refractivity contribution in [3.05, 3.63) is 59.0 Å². The van der Waals surface area contributed by atoms with Crippen molar-refractivity contribution >= 4 is 29.2 Å². The fourth-order valence-corrected chi connectivity index (χ4v) is 3.01. The Morgan fingerprint density at radius 1 is 1.32 bits per heavy atom. The predicted octanol–water partition coefficient (Wildman–Crippen LogP) is 3.58. The molecule has 7 nitrogen and oxygen atoms in total. The van der Waals surface area contributed by atoms with Crippen molar-refractivity contribution in [3.63, 3.8) is 0 Å². The normalized spacial score (nSPS) is 17.3. The summed E-state index contributed by atoms with van der Waals surface area (Å²) in [5.74, 6) is -0.428. The lowest BCUT2D eigenvalue weighted by molar-refractivity contribution is -0.163. The van der Waals surface area contributed by atoms with Gasteiger partial charge in [0.15, 0.2) is 6.10 Å². The molecule has 0 bridgehead atoms. The van der Waals surface area contributed by atoms with Crippen LogP contribution >= 0.6 is 11.6 Å². The minimum absolute atomic E-state index is 0.199. The van der Waals surface area contributed by atoms with Crippen LogP contribution < -0.4 is 0 Å². The third kappa shape index (κ3) is 4.61. The van der Waals surface area contributed by atoms with Crippen LogP contribution in [0.5, 0.6) is 0 Å². The average molecular weight is 405 g/mol. The van der Waals surface area contributed by atoms with Crippen LogP contribution in [0.2, 0.25) is 5.02 Å². The molecule has 2 aromatic rings. The number of hydrazone groups is 1. The van der Waals surface area contributed by atoms with Crippen molar-refractivity contribution in [2.24, 2.45) is 5.10 Å². The van der Waals surface area contributed by atoms with E-state index in [9.17, 15) is 9.59 Å². The molecule has 148 valence electrons. The van der Waals surface area contributed by atoms with E-state index in [2.05, 4.69) is 5.10 Å². The van der Waals surface area contributed by atoms with Gasteiger partial charge in [-0.3, -0.25) is 4.79 Å². The summed E-state index contributed by atoms with van der Waals surface area (Å²) in [6.07, 6.45) is 1.02. The first-order valence-electron chi connectivity index (χ1n) is 8.96. The number of benzene rings is 1. The molecular formula is C20H21ClN2O5. The minimum Gasteiger partial charge on any atom is -0.467 e. The molecule has 0 N–H and O–H groups in total. The van der Waals surface area contributed by atoms with Gasteiger partial charge in [-0.2, -0.15) is 5.10 Å². The predicted molar refractivity (Wildman–Crippen MR) is 103 cm³/mol. The molecule has 1 aromatic heterocycles. The molecule has 0 radical (unpaired) electrons. The molecule has 1 aromatic carbocycles. The highest BCUT2D eigenvalue weighted by Gasteiger charge is 2.37. The van der Waals surface area contributed by atoms with Gasteiger partial charge in [0.05, 0.1) is 12.0 Å². The summed E-state index contributed by atoms with van der Waals surface area (Å²) in [6.45, 7) is 3.47. The second-order valence-corrected chi connectivity index (χ2v) is 6.68. The van der Waals surface area contributed by atoms with Gasteiger partial charge in [-0.15, -0.1) is 0 Å². The van der Waals surface area contributed by atoms with Crippen LogP contribution in [0.25, 0.3) is 0 Å². The highest BCUT2D eigenvalue weighted by atomic mass is 35.5. The molecule has 3 rings (SSSR count). The molecule has 1 aliphatic rings. The van der Waals surface area contributed by atoms with Gasteiger partial charge >= 0.3 is 5.97 Å². The van der Waals surface area contributed by atoms with Crippen LogP contribution in [-0.2, 0) is 19.1 Å². The smallest absolute Gasteiger partial charge is 0.332 e. The van der Waals surface area contributed by atoms with E-state index in [1.807, 2.05) is 12.1 Å². The summed E-state index contributed by atoms with van der Waals surface area (Å²) in [5.41, 5.74) is 1.58. The number of carbonyl (C=O) groups is 2. The molecule has 0 spiro atoms. The summed E-state index contributed by atoms with van der Waals surface area (Å²) in [7, 11) is 0. The highest BCUT2D eigenvalue weighted by molar-refractivity contribution is 6.30. The van der Waals surface area contributed by atoms with Crippen molar-refractivity contribution in [3.8, 4) is 0 Å². The summed E-state index contributed by atoms with van der Waals surface area (Å²) < 4.78 is 15.7. The van der Waals surface area contributed by atoms with Crippen molar-refractivity contribution in [1.29, 1.82) is 0 Å². The average Bonchev–Trinajstić information content (AvgIpc) is 3.35. The molecule has 28 heavy (non-hydrogen) atoms. The third-order valence-electron chi connectivity index (χ3n) is 4.27. The van der Waals surface area contributed by atoms with E-state index in [1.54, 1.807) is 37.5 Å². The molecule has 0 aliphatic carbocycles. The molecule has 0 saturated carbocycles. The first-order valence-corrected chi connectivity index (χ1v) is 9.34. The summed E-state index contributed by atoms with van der Waals surface area (Å²) >= 11 is 5.96. The van der Waals surface area contributed by atoms with Crippen LogP contribution in [0.1, 0.15) is 37.6 Å². The standard InChI is InChI=1S/C20H21ClN2O5/c1-3-26-12-19(24)28-13(2)20(25)23-17(18-5-4-10-27-18)11-16(22-23)14-6-8-15(21)9-7-14/h4-10,13,17H,3,11-12H2,1-2H3/t13-,17-/m0/s1. The molecular weight excluding hydrogens is 384 g/mol. The Morgan fingerprint density at radius 3 is 2.71 bits per heavy atom. The fourth-order valence-electron chi connectivity index (χ4n) is 2.89. The zero-order valence-corrected chi connectivity index (χ0v) is 16.4. The van der Waals surface area contributed by atoms with Crippen molar-refractivity contribution in [2.75, 3.05) is 13.2 Å². The van der Waals surface area contributed by atoms with Gasteiger partial charge in [-0.1, -0.05) is 23.7 Å². The van der Waals surface area contributed by atoms with Crippen molar-refractivity contribution < 1.29 is 23.5 Å². The molecule has 0 saturated heterocycles. The molecule has 2 heterocycles. The van der Waals surface area contributed by atoms with E-state index in [0.717, 1.165) is 11.3 Å².